The molecule has 0 N–H and O–H groups in total. The fourth-order valence-electron chi connectivity index (χ4n) is 1.63. The fourth-order valence-corrected chi connectivity index (χ4v) is 1.63. The largest absolute Gasteiger partial charge is 0.444 e. The molecule has 1 aromatic rings. The van der Waals surface area contributed by atoms with E-state index in [1.165, 1.54) is 17.0 Å². The third-order valence-corrected chi connectivity index (χ3v) is 2.65. The van der Waals surface area contributed by atoms with E-state index in [-0.39, 0.29) is 5.69 Å². The predicted molar refractivity (Wildman–Crippen MR) is 86.9 cm³/mol. The number of hydrogen-bond donors (Lipinski definition) is 0. The van der Waals surface area contributed by atoms with Crippen LogP contribution in [-0.4, -0.2) is 28.6 Å². The monoisotopic (exact) mass is 310 g/mol. The zero-order valence-corrected chi connectivity index (χ0v) is 14.5. The van der Waals surface area contributed by atoms with Gasteiger partial charge in [-0.25, -0.2) is 4.79 Å². The second-order valence-electron chi connectivity index (χ2n) is 5.70. The Kier molecular flexibility index (Phi) is 7.56. The summed E-state index contributed by atoms with van der Waals surface area (Å²) in [6.45, 7) is 11.5. The number of rotatable bonds is 3. The van der Waals surface area contributed by atoms with Crippen LogP contribution in [0, 0.1) is 17.0 Å². The molecule has 0 heterocycles. The molecular formula is C16H26N2O4. The number of nitrogens with zero attached hydrogens (tertiary/aromatic N) is 2. The summed E-state index contributed by atoms with van der Waals surface area (Å²) in [6.07, 6.45) is -0.421. The molecule has 6 nitrogen and oxygen atoms in total. The van der Waals surface area contributed by atoms with Gasteiger partial charge in [0.25, 0.3) is 5.69 Å². The zero-order chi connectivity index (χ0) is 17.5. The average Bonchev–Trinajstić information content (AvgIpc) is 2.41. The van der Waals surface area contributed by atoms with E-state index < -0.39 is 16.6 Å². The molecule has 22 heavy (non-hydrogen) atoms. The number of nitro groups is 1. The minimum atomic E-state index is -0.546. The Morgan fingerprint density at radius 2 is 1.86 bits per heavy atom. The average molecular weight is 310 g/mol. The maximum absolute atomic E-state index is 11.8. The van der Waals surface area contributed by atoms with Crippen LogP contribution in [0.4, 0.5) is 10.5 Å². The molecule has 0 bridgehead atoms. The van der Waals surface area contributed by atoms with Crippen LogP contribution in [0.25, 0.3) is 0 Å². The van der Waals surface area contributed by atoms with Crippen LogP contribution in [0.15, 0.2) is 18.2 Å². The summed E-state index contributed by atoms with van der Waals surface area (Å²) >= 11 is 0. The summed E-state index contributed by atoms with van der Waals surface area (Å²) in [4.78, 5) is 23.5. The van der Waals surface area contributed by atoms with Gasteiger partial charge in [-0.2, -0.15) is 0 Å². The first-order chi connectivity index (χ1) is 10.1. The van der Waals surface area contributed by atoms with Gasteiger partial charge in [-0.3, -0.25) is 10.1 Å². The molecule has 0 aromatic heterocycles. The van der Waals surface area contributed by atoms with Crippen LogP contribution in [0.2, 0.25) is 0 Å². The quantitative estimate of drug-likeness (QED) is 0.616. The summed E-state index contributed by atoms with van der Waals surface area (Å²) in [7, 11) is 1.63. The molecule has 0 unspecified atom stereocenters. The van der Waals surface area contributed by atoms with Crippen LogP contribution >= 0.6 is 0 Å². The Bertz CT molecular complexity index is 521. The van der Waals surface area contributed by atoms with Crippen molar-refractivity contribution in [2.45, 2.75) is 53.7 Å². The number of carbonyl (C=O) groups excluding carboxylic acids is 1. The Morgan fingerprint density at radius 3 is 2.27 bits per heavy atom. The Morgan fingerprint density at radius 1 is 1.32 bits per heavy atom. The Hall–Kier alpha value is -2.11. The Labute approximate surface area is 132 Å². The smallest absolute Gasteiger partial charge is 0.410 e. The van der Waals surface area contributed by atoms with Crippen LogP contribution in [0.1, 0.15) is 45.7 Å². The van der Waals surface area contributed by atoms with Gasteiger partial charge in [0.05, 0.1) is 4.92 Å². The van der Waals surface area contributed by atoms with Gasteiger partial charge >= 0.3 is 6.09 Å². The minimum Gasteiger partial charge on any atom is -0.444 e. The molecule has 0 fully saturated rings. The standard InChI is InChI=1S/C14H20N2O4.C2H6/c1-10-8-12(16(18)19)7-6-11(10)9-15(5)13(17)20-14(2,3)4;1-2/h6-8H,9H2,1-5H3;1-2H3. The van der Waals surface area contributed by atoms with Crippen LogP contribution < -0.4 is 0 Å². The summed E-state index contributed by atoms with van der Waals surface area (Å²) in [6, 6.07) is 4.60. The number of non-ortho nitro benzene ring substituents is 1. The first kappa shape index (κ1) is 19.9. The highest BCUT2D eigenvalue weighted by Gasteiger charge is 2.20. The van der Waals surface area contributed by atoms with E-state index in [4.69, 9.17) is 4.74 Å². The lowest BCUT2D eigenvalue weighted by molar-refractivity contribution is -0.384. The number of benzene rings is 1. The molecule has 0 saturated heterocycles. The van der Waals surface area contributed by atoms with Crippen molar-refractivity contribution in [2.75, 3.05) is 7.05 Å². The second-order valence-corrected chi connectivity index (χ2v) is 5.70. The highest BCUT2D eigenvalue weighted by Crippen LogP contribution is 2.19. The van der Waals surface area contributed by atoms with Gasteiger partial charge in [-0.1, -0.05) is 19.9 Å². The third-order valence-electron chi connectivity index (χ3n) is 2.65. The van der Waals surface area contributed by atoms with E-state index in [9.17, 15) is 14.9 Å². The molecule has 0 aliphatic heterocycles. The first-order valence-corrected chi connectivity index (χ1v) is 7.28. The number of aryl methyl sites for hydroxylation is 1. The van der Waals surface area contributed by atoms with Gasteiger partial charge in [-0.15, -0.1) is 0 Å². The maximum Gasteiger partial charge on any atom is 0.410 e. The van der Waals surface area contributed by atoms with Crippen molar-refractivity contribution in [3.8, 4) is 0 Å². The summed E-state index contributed by atoms with van der Waals surface area (Å²) in [5.74, 6) is 0. The van der Waals surface area contributed by atoms with E-state index in [0.717, 1.165) is 11.1 Å². The molecule has 0 saturated carbocycles. The molecule has 1 aromatic carbocycles. The Balaban J connectivity index is 0.00000211. The van der Waals surface area contributed by atoms with Crippen molar-refractivity contribution in [1.82, 2.24) is 4.90 Å². The second kappa shape index (κ2) is 8.36. The summed E-state index contributed by atoms with van der Waals surface area (Å²) < 4.78 is 5.25. The maximum atomic E-state index is 11.8. The molecule has 124 valence electrons. The van der Waals surface area contributed by atoms with Gasteiger partial charge in [0, 0.05) is 25.7 Å². The SMILES string of the molecule is CC.Cc1cc([N+](=O)[O-])ccc1CN(C)C(=O)OC(C)(C)C. The molecule has 1 amide bonds. The van der Waals surface area contributed by atoms with Crippen molar-refractivity contribution in [1.29, 1.82) is 0 Å². The van der Waals surface area contributed by atoms with Gasteiger partial charge in [-0.05, 0) is 38.8 Å². The van der Waals surface area contributed by atoms with Gasteiger partial charge in [0.15, 0.2) is 0 Å². The van der Waals surface area contributed by atoms with Crippen LogP contribution in [0.3, 0.4) is 0 Å². The summed E-state index contributed by atoms with van der Waals surface area (Å²) in [5.41, 5.74) is 1.13. The normalized spacial score (nSPS) is 10.3. The molecule has 0 spiro atoms. The van der Waals surface area contributed by atoms with E-state index >= 15 is 0 Å². The van der Waals surface area contributed by atoms with Gasteiger partial charge < -0.3 is 9.64 Å². The molecule has 0 radical (unpaired) electrons. The van der Waals surface area contributed by atoms with Crippen molar-refractivity contribution < 1.29 is 14.5 Å². The first-order valence-electron chi connectivity index (χ1n) is 7.28. The van der Waals surface area contributed by atoms with Crippen molar-refractivity contribution in [3.63, 3.8) is 0 Å². The summed E-state index contributed by atoms with van der Waals surface area (Å²) in [5, 5.41) is 10.7. The third kappa shape index (κ3) is 6.56. The molecule has 0 aliphatic rings. The van der Waals surface area contributed by atoms with Crippen molar-refractivity contribution in [3.05, 3.63) is 39.4 Å². The van der Waals surface area contributed by atoms with Crippen LogP contribution in [-0.2, 0) is 11.3 Å². The van der Waals surface area contributed by atoms with E-state index in [2.05, 4.69) is 0 Å². The lowest BCUT2D eigenvalue weighted by Gasteiger charge is -2.25. The molecular weight excluding hydrogens is 284 g/mol. The molecule has 6 heteroatoms. The lowest BCUT2D eigenvalue weighted by atomic mass is 10.1. The fraction of sp³-hybridized carbons (Fsp3) is 0.562. The van der Waals surface area contributed by atoms with E-state index in [1.54, 1.807) is 40.8 Å². The molecule has 0 aliphatic carbocycles. The van der Waals surface area contributed by atoms with E-state index in [0.29, 0.717) is 6.54 Å². The number of carbonyl (C=O) groups is 1. The van der Waals surface area contributed by atoms with Crippen molar-refractivity contribution in [2.24, 2.45) is 0 Å². The predicted octanol–water partition coefficient (Wildman–Crippen LogP) is 4.30. The van der Waals surface area contributed by atoms with E-state index in [1.807, 2.05) is 13.8 Å². The zero-order valence-electron chi connectivity index (χ0n) is 14.5. The number of hydrogen-bond acceptors (Lipinski definition) is 4. The highest BCUT2D eigenvalue weighted by atomic mass is 16.6. The lowest BCUT2D eigenvalue weighted by Crippen LogP contribution is -2.33. The van der Waals surface area contributed by atoms with Crippen molar-refractivity contribution >= 4 is 11.8 Å². The van der Waals surface area contributed by atoms with Crippen LogP contribution in [0.5, 0.6) is 0 Å². The topological polar surface area (TPSA) is 72.7 Å². The number of nitro benzene ring substituents is 1. The molecule has 1 rings (SSSR count). The highest BCUT2D eigenvalue weighted by molar-refractivity contribution is 5.67. The van der Waals surface area contributed by atoms with Gasteiger partial charge in [0.2, 0.25) is 0 Å². The van der Waals surface area contributed by atoms with Gasteiger partial charge in [0.1, 0.15) is 5.60 Å². The number of amides is 1. The minimum absolute atomic E-state index is 0.0474. The molecule has 0 atom stereocenters. The number of ether oxygens (including phenoxy) is 1.